The van der Waals surface area contributed by atoms with E-state index in [2.05, 4.69) is 11.5 Å². The van der Waals surface area contributed by atoms with Crippen molar-refractivity contribution in [3.05, 3.63) is 72.8 Å². The number of imide groups is 1. The van der Waals surface area contributed by atoms with Crippen molar-refractivity contribution in [1.82, 2.24) is 4.90 Å². The van der Waals surface area contributed by atoms with E-state index in [0.717, 1.165) is 24.1 Å². The molecule has 2 aromatic rings. The third kappa shape index (κ3) is 2.08. The zero-order valence-corrected chi connectivity index (χ0v) is 17.1. The zero-order chi connectivity index (χ0) is 21.3. The van der Waals surface area contributed by atoms with Gasteiger partial charge >= 0.3 is 0 Å². The van der Waals surface area contributed by atoms with Gasteiger partial charge in [-0.1, -0.05) is 42.5 Å². The number of hydrogen-bond acceptors (Lipinski definition) is 4. The first-order valence-corrected chi connectivity index (χ1v) is 10.8. The SMILES string of the molecule is C=CCN1C(=O)[C@]2(c3ccccc31)[C@@H]1C(=O)N(c3ccccc3)C(=O)[C@@H]1[C@@H]1CCCN12. The average Bonchev–Trinajstić information content (AvgIpc) is 3.48. The lowest BCUT2D eigenvalue weighted by atomic mass is 9.75. The van der Waals surface area contributed by atoms with E-state index in [9.17, 15) is 14.4 Å². The number of nitrogens with zero attached hydrogens (tertiary/aromatic N) is 3. The summed E-state index contributed by atoms with van der Waals surface area (Å²) in [6.07, 6.45) is 3.44. The van der Waals surface area contributed by atoms with Gasteiger partial charge in [-0.05, 0) is 37.6 Å². The highest BCUT2D eigenvalue weighted by atomic mass is 16.2. The molecule has 0 unspecified atom stereocenters. The van der Waals surface area contributed by atoms with Gasteiger partial charge in [0.2, 0.25) is 11.8 Å². The number of carbonyl (C=O) groups is 3. The molecule has 0 aromatic heterocycles. The van der Waals surface area contributed by atoms with Crippen LogP contribution in [0.1, 0.15) is 18.4 Å². The molecule has 6 nitrogen and oxygen atoms in total. The Bertz CT molecular complexity index is 1130. The van der Waals surface area contributed by atoms with Crippen LogP contribution in [-0.2, 0) is 19.9 Å². The van der Waals surface area contributed by atoms with Gasteiger partial charge in [-0.3, -0.25) is 19.3 Å². The van der Waals surface area contributed by atoms with Crippen molar-refractivity contribution in [2.75, 3.05) is 22.9 Å². The molecule has 0 aliphatic carbocycles. The zero-order valence-electron chi connectivity index (χ0n) is 17.1. The lowest BCUT2D eigenvalue weighted by Gasteiger charge is -2.37. The topological polar surface area (TPSA) is 60.9 Å². The normalized spacial score (nSPS) is 31.5. The lowest BCUT2D eigenvalue weighted by Crippen LogP contribution is -2.56. The van der Waals surface area contributed by atoms with Gasteiger partial charge in [0, 0.05) is 23.8 Å². The fourth-order valence-electron chi connectivity index (χ4n) is 6.48. The lowest BCUT2D eigenvalue weighted by molar-refractivity contribution is -0.137. The van der Waals surface area contributed by atoms with Crippen molar-refractivity contribution in [3.8, 4) is 0 Å². The van der Waals surface area contributed by atoms with Crippen molar-refractivity contribution >= 4 is 29.1 Å². The van der Waals surface area contributed by atoms with E-state index in [0.29, 0.717) is 18.8 Å². The van der Waals surface area contributed by atoms with Gasteiger partial charge < -0.3 is 4.90 Å². The Kier molecular flexibility index (Phi) is 3.81. The largest absolute Gasteiger partial charge is 0.306 e. The first-order valence-electron chi connectivity index (χ1n) is 10.8. The molecule has 2 aromatic carbocycles. The van der Waals surface area contributed by atoms with Gasteiger partial charge in [-0.15, -0.1) is 6.58 Å². The minimum Gasteiger partial charge on any atom is -0.306 e. The van der Waals surface area contributed by atoms with E-state index < -0.39 is 17.4 Å². The van der Waals surface area contributed by atoms with Gasteiger partial charge in [-0.2, -0.15) is 0 Å². The van der Waals surface area contributed by atoms with Crippen LogP contribution < -0.4 is 9.80 Å². The van der Waals surface area contributed by atoms with E-state index in [1.54, 1.807) is 23.1 Å². The van der Waals surface area contributed by atoms with E-state index in [4.69, 9.17) is 0 Å². The second-order valence-electron chi connectivity index (χ2n) is 8.74. The van der Waals surface area contributed by atoms with E-state index in [-0.39, 0.29) is 23.8 Å². The molecule has 0 bridgehead atoms. The third-order valence-corrected chi connectivity index (χ3v) is 7.47. The molecule has 3 saturated heterocycles. The Morgan fingerprint density at radius 3 is 2.52 bits per heavy atom. The van der Waals surface area contributed by atoms with Crippen LogP contribution in [0.5, 0.6) is 0 Å². The quantitative estimate of drug-likeness (QED) is 0.574. The minimum absolute atomic E-state index is 0.101. The molecule has 6 rings (SSSR count). The fourth-order valence-corrected chi connectivity index (χ4v) is 6.48. The van der Waals surface area contributed by atoms with E-state index in [1.807, 2.05) is 42.5 Å². The molecule has 0 radical (unpaired) electrons. The average molecular weight is 413 g/mol. The van der Waals surface area contributed by atoms with Gasteiger partial charge in [0.1, 0.15) is 5.54 Å². The van der Waals surface area contributed by atoms with Gasteiger partial charge in [0.05, 0.1) is 17.5 Å². The summed E-state index contributed by atoms with van der Waals surface area (Å²) in [5.74, 6) is -1.77. The molecule has 6 heteroatoms. The summed E-state index contributed by atoms with van der Waals surface area (Å²) in [6.45, 7) is 4.91. The summed E-state index contributed by atoms with van der Waals surface area (Å²) in [6, 6.07) is 16.7. The van der Waals surface area contributed by atoms with E-state index in [1.165, 1.54) is 4.90 Å². The highest BCUT2D eigenvalue weighted by molar-refractivity contribution is 6.26. The highest BCUT2D eigenvalue weighted by Gasteiger charge is 2.75. The minimum atomic E-state index is -1.12. The van der Waals surface area contributed by atoms with Crippen molar-refractivity contribution < 1.29 is 14.4 Å². The Hall–Kier alpha value is -3.25. The maximum atomic E-state index is 14.1. The molecule has 0 N–H and O–H groups in total. The van der Waals surface area contributed by atoms with Crippen LogP contribution in [0.15, 0.2) is 67.3 Å². The Morgan fingerprint density at radius 1 is 1.00 bits per heavy atom. The van der Waals surface area contributed by atoms with Crippen molar-refractivity contribution in [2.45, 2.75) is 24.4 Å². The summed E-state index contributed by atoms with van der Waals surface area (Å²) in [7, 11) is 0. The standard InChI is InChI=1S/C25H23N3O3/c1-2-14-26-18-12-7-6-11-17(18)25(24(26)31)21-20(19-13-8-15-27(19)25)22(29)28(23(21)30)16-9-4-3-5-10-16/h2-7,9-12,19-21H,1,8,13-15H2/t19-,20+,21-,25-/m0/s1. The predicted molar refractivity (Wildman–Crippen MR) is 116 cm³/mol. The first-order chi connectivity index (χ1) is 15.1. The summed E-state index contributed by atoms with van der Waals surface area (Å²) < 4.78 is 0. The second-order valence-corrected chi connectivity index (χ2v) is 8.74. The first kappa shape index (κ1) is 18.5. The number of rotatable bonds is 3. The summed E-state index contributed by atoms with van der Waals surface area (Å²) >= 11 is 0. The smallest absolute Gasteiger partial charge is 0.253 e. The summed E-state index contributed by atoms with van der Waals surface area (Å²) in [5.41, 5.74) is 1.12. The summed E-state index contributed by atoms with van der Waals surface area (Å²) in [5, 5.41) is 0. The van der Waals surface area contributed by atoms with Crippen LogP contribution in [0.25, 0.3) is 0 Å². The molecule has 31 heavy (non-hydrogen) atoms. The second kappa shape index (κ2) is 6.37. The Morgan fingerprint density at radius 2 is 1.74 bits per heavy atom. The molecule has 156 valence electrons. The van der Waals surface area contributed by atoms with Crippen LogP contribution in [0.4, 0.5) is 11.4 Å². The maximum Gasteiger partial charge on any atom is 0.253 e. The molecule has 3 fully saturated rings. The molecule has 4 heterocycles. The van der Waals surface area contributed by atoms with Crippen molar-refractivity contribution in [3.63, 3.8) is 0 Å². The van der Waals surface area contributed by atoms with Crippen molar-refractivity contribution in [2.24, 2.45) is 11.8 Å². The number of carbonyl (C=O) groups excluding carboxylic acids is 3. The monoisotopic (exact) mass is 413 g/mol. The number of anilines is 2. The Labute approximate surface area is 180 Å². The molecule has 1 spiro atoms. The summed E-state index contributed by atoms with van der Waals surface area (Å²) in [4.78, 5) is 46.9. The number of benzene rings is 2. The number of hydrogen-bond donors (Lipinski definition) is 0. The van der Waals surface area contributed by atoms with Crippen LogP contribution in [0, 0.1) is 11.8 Å². The predicted octanol–water partition coefficient (Wildman–Crippen LogP) is 2.70. The van der Waals surface area contributed by atoms with Crippen LogP contribution in [-0.4, -0.2) is 41.8 Å². The van der Waals surface area contributed by atoms with Gasteiger partial charge in [0.15, 0.2) is 0 Å². The highest BCUT2D eigenvalue weighted by Crippen LogP contribution is 2.61. The Balaban J connectivity index is 1.58. The van der Waals surface area contributed by atoms with Crippen molar-refractivity contribution in [1.29, 1.82) is 0 Å². The molecule has 0 saturated carbocycles. The molecule has 4 aliphatic heterocycles. The molecule has 4 atom stereocenters. The molecule has 3 amide bonds. The fraction of sp³-hybridized carbons (Fsp3) is 0.320. The number of fused-ring (bicyclic) bond motifs is 7. The molecular weight excluding hydrogens is 390 g/mol. The van der Waals surface area contributed by atoms with Crippen LogP contribution >= 0.6 is 0 Å². The maximum absolute atomic E-state index is 14.1. The number of para-hydroxylation sites is 2. The van der Waals surface area contributed by atoms with Crippen LogP contribution in [0.3, 0.4) is 0 Å². The van der Waals surface area contributed by atoms with E-state index >= 15 is 0 Å². The molecule has 4 aliphatic rings. The molecular formula is C25H23N3O3. The third-order valence-electron chi connectivity index (χ3n) is 7.47. The van der Waals surface area contributed by atoms with Gasteiger partial charge in [-0.25, -0.2) is 4.90 Å². The van der Waals surface area contributed by atoms with Gasteiger partial charge in [0.25, 0.3) is 5.91 Å². The van der Waals surface area contributed by atoms with Crippen LogP contribution in [0.2, 0.25) is 0 Å². The number of amides is 3.